The second kappa shape index (κ2) is 21.7. The number of rotatable bonds is 8. The van der Waals surface area contributed by atoms with Crippen LogP contribution in [0.15, 0.2) is 315 Å². The number of nitrogens with zero attached hydrogens (tertiary/aromatic N) is 3. The Hall–Kier alpha value is -11.7. The van der Waals surface area contributed by atoms with Crippen LogP contribution in [0, 0.1) is 0 Å². The van der Waals surface area contributed by atoms with Crippen LogP contribution in [0.4, 0.5) is 17.1 Å². The highest BCUT2D eigenvalue weighted by atomic mass is 16.5. The molecular formula is C93H70BN3O. The van der Waals surface area contributed by atoms with Crippen molar-refractivity contribution in [1.29, 1.82) is 0 Å². The number of hydrogen-bond donors (Lipinski definition) is 0. The number of anilines is 3. The molecule has 4 nitrogen and oxygen atoms in total. The van der Waals surface area contributed by atoms with E-state index in [4.69, 9.17) is 10.2 Å². The summed E-state index contributed by atoms with van der Waals surface area (Å²) in [5, 5.41) is 2.26. The highest BCUT2D eigenvalue weighted by Gasteiger charge is 2.49. The Morgan fingerprint density at radius 1 is 0.367 bits per heavy atom. The lowest BCUT2D eigenvalue weighted by atomic mass is 9.34. The van der Waals surface area contributed by atoms with Gasteiger partial charge in [0.2, 0.25) is 0 Å². The van der Waals surface area contributed by atoms with Crippen molar-refractivity contribution in [1.82, 2.24) is 9.13 Å². The molecule has 0 saturated carbocycles. The van der Waals surface area contributed by atoms with Crippen LogP contribution < -0.4 is 26.0 Å². The van der Waals surface area contributed by atoms with Gasteiger partial charge in [0.25, 0.3) is 6.71 Å². The fourth-order valence-electron chi connectivity index (χ4n) is 16.5. The summed E-state index contributed by atoms with van der Waals surface area (Å²) in [6.45, 7) is 13.1. The Morgan fingerprint density at radius 3 is 1.46 bits per heavy atom. The number of aromatic nitrogens is 2. The van der Waals surface area contributed by atoms with Gasteiger partial charge in [-0.25, -0.2) is 0 Å². The predicted molar refractivity (Wildman–Crippen MR) is 412 cm³/mol. The second-order valence-corrected chi connectivity index (χ2v) is 28.5. The van der Waals surface area contributed by atoms with E-state index >= 15 is 0 Å². The smallest absolute Gasteiger partial charge is 0.256 e. The number of ether oxygens (including phenoxy) is 1. The van der Waals surface area contributed by atoms with E-state index in [1.165, 1.54) is 27.8 Å². The highest BCUT2D eigenvalue weighted by Crippen LogP contribution is 2.60. The van der Waals surface area contributed by atoms with Gasteiger partial charge in [-0.1, -0.05) is 290 Å². The molecule has 2 aromatic heterocycles. The molecule has 0 atom stereocenters. The van der Waals surface area contributed by atoms with Gasteiger partial charge in [-0.3, -0.25) is 0 Å². The fraction of sp³-hybridized carbons (Fsp3) is 0.0968. The summed E-state index contributed by atoms with van der Waals surface area (Å²) in [5.74, 6) is 1.06. The molecule has 5 heteroatoms. The van der Waals surface area contributed by atoms with E-state index in [9.17, 15) is 5.48 Å². The van der Waals surface area contributed by atoms with Crippen molar-refractivity contribution in [3.05, 3.63) is 349 Å². The van der Waals surface area contributed by atoms with Crippen molar-refractivity contribution >= 4 is 83.8 Å². The normalized spacial score (nSPS) is 14.7. The quantitative estimate of drug-likeness (QED) is 0.142. The first-order valence-electron chi connectivity index (χ1n) is 37.9. The molecule has 0 fully saturated rings. The van der Waals surface area contributed by atoms with Crippen LogP contribution in [0.25, 0.3) is 99.5 Å². The highest BCUT2D eigenvalue weighted by molar-refractivity contribution is 6.99. The predicted octanol–water partition coefficient (Wildman–Crippen LogP) is 22.2. The van der Waals surface area contributed by atoms with Crippen LogP contribution in [0.2, 0.25) is 0 Å². The topological polar surface area (TPSA) is 22.3 Å². The van der Waals surface area contributed by atoms with Crippen LogP contribution in [0.3, 0.4) is 0 Å². The number of para-hydroxylation sites is 3. The van der Waals surface area contributed by atoms with Gasteiger partial charge in [0.05, 0.1) is 49.8 Å². The molecule has 2 aliphatic heterocycles. The molecule has 466 valence electrons. The molecule has 4 heterocycles. The van der Waals surface area contributed by atoms with Crippen LogP contribution >= 0.6 is 0 Å². The number of fused-ring (bicyclic) bond motifs is 13. The summed E-state index contributed by atoms with van der Waals surface area (Å²) in [6.07, 6.45) is 0. The molecule has 0 saturated heterocycles. The molecule has 0 unspecified atom stereocenters. The summed E-state index contributed by atoms with van der Waals surface area (Å²) in [4.78, 5) is 2.52. The molecule has 0 spiro atoms. The second-order valence-electron chi connectivity index (χ2n) is 28.5. The maximum Gasteiger partial charge on any atom is 0.256 e. The molecule has 0 radical (unpaired) electrons. The van der Waals surface area contributed by atoms with Gasteiger partial charge in [0.1, 0.15) is 11.5 Å². The van der Waals surface area contributed by atoms with Crippen LogP contribution in [-0.4, -0.2) is 15.8 Å². The lowest BCUT2D eigenvalue weighted by Gasteiger charge is -2.42. The molecule has 19 rings (SSSR count). The monoisotopic (exact) mass is 1260 g/mol. The van der Waals surface area contributed by atoms with Crippen molar-refractivity contribution < 1.29 is 15.7 Å². The minimum Gasteiger partial charge on any atom is -0.458 e. The van der Waals surface area contributed by atoms with Gasteiger partial charge < -0.3 is 18.8 Å². The van der Waals surface area contributed by atoms with E-state index in [0.29, 0.717) is 17.2 Å². The fourth-order valence-corrected chi connectivity index (χ4v) is 16.5. The zero-order chi connectivity index (χ0) is 72.7. The van der Waals surface area contributed by atoms with E-state index in [-0.39, 0.29) is 44.7 Å². The molecule has 0 N–H and O–H groups in total. The molecular weight excluding hydrogens is 1190 g/mol. The first-order valence-corrected chi connectivity index (χ1v) is 33.9. The Kier molecular flexibility index (Phi) is 11.0. The Morgan fingerprint density at radius 2 is 0.867 bits per heavy atom. The summed E-state index contributed by atoms with van der Waals surface area (Å²) in [5.41, 5.74) is 23.6. The van der Waals surface area contributed by atoms with Crippen molar-refractivity contribution in [3.63, 3.8) is 0 Å². The van der Waals surface area contributed by atoms with E-state index in [2.05, 4.69) is 300 Å². The van der Waals surface area contributed by atoms with Crippen molar-refractivity contribution in [2.45, 2.75) is 57.8 Å². The molecule has 3 aliphatic rings. The van der Waals surface area contributed by atoms with Crippen LogP contribution in [-0.2, 0) is 16.2 Å². The third-order valence-corrected chi connectivity index (χ3v) is 21.0. The standard InChI is InChI=1S/C93H70BN3O/c1-91(2,3)64-46-51-82-75(54-64)76-55-65(92(4,5)6)47-52-83(76)96(82)67-56-85-89-87(58-67)98-86-57-66(95-80-43-23-20-36-72(80)73-37-21-24-44-81(73)95)48-50-79(86)94(89)78-49-45-61(53-84(78)97(85)90-69(59-27-11-7-12-28-59)39-26-40-70(90)60-29-13-8-14-30-60)68-38-25-41-74-71-35-19-22-42-77(71)93(88(68)74,62-31-15-9-16-32-62)63-33-17-10-18-34-63/h7-58H,1-6H3/i20D,21D,23D,24D,36D,37D,43D,44D. The summed E-state index contributed by atoms with van der Waals surface area (Å²) in [6, 6.07) is 93.3. The first kappa shape index (κ1) is 49.8. The van der Waals surface area contributed by atoms with Gasteiger partial charge in [-0.15, -0.1) is 0 Å². The average Bonchev–Trinajstić information content (AvgIpc) is 1.22. The number of hydrogen-bond acceptors (Lipinski definition) is 2. The molecule has 98 heavy (non-hydrogen) atoms. The van der Waals surface area contributed by atoms with E-state index in [0.717, 1.165) is 111 Å². The molecule has 0 amide bonds. The average molecular weight is 1260 g/mol. The lowest BCUT2D eigenvalue weighted by Crippen LogP contribution is -2.59. The van der Waals surface area contributed by atoms with Crippen LogP contribution in [0.5, 0.6) is 11.5 Å². The van der Waals surface area contributed by atoms with E-state index < -0.39 is 48.4 Å². The minimum absolute atomic E-state index is 0.00200. The first-order chi connectivity index (χ1) is 51.2. The maximum absolute atomic E-state index is 9.57. The van der Waals surface area contributed by atoms with Crippen molar-refractivity contribution in [3.8, 4) is 67.4 Å². The SMILES string of the molecule is [2H]c1c([2H])c([2H])c2c(c1[2H])c1c([2H])c([2H])c([2H])c([2H])c1n2-c1ccc2c(c1)Oc1cc(-n3c4ccc(C(C)(C)C)cc4c4cc(C(C)(C)C)ccc43)cc3c1B2c1ccc(-c2cccc4c2C(c2ccccc2)(c2ccccc2)c2ccccc2-4)cc1N3c1c(-c2ccccc2)cccc1-c1ccccc1. The van der Waals surface area contributed by atoms with Crippen molar-refractivity contribution in [2.75, 3.05) is 4.90 Å². The van der Waals surface area contributed by atoms with Gasteiger partial charge in [0.15, 0.2) is 0 Å². The maximum atomic E-state index is 9.57. The largest absolute Gasteiger partial charge is 0.458 e. The Labute approximate surface area is 584 Å². The lowest BCUT2D eigenvalue weighted by molar-refractivity contribution is 0.487. The van der Waals surface area contributed by atoms with Gasteiger partial charge >= 0.3 is 0 Å². The molecule has 0 bridgehead atoms. The molecule has 14 aromatic carbocycles. The zero-order valence-corrected chi connectivity index (χ0v) is 55.2. The Bertz CT molecular complexity index is 6190. The third kappa shape index (κ3) is 8.58. The number of benzene rings is 14. The summed E-state index contributed by atoms with van der Waals surface area (Å²) >= 11 is 0. The van der Waals surface area contributed by atoms with Crippen LogP contribution in [0.1, 0.15) is 85.9 Å². The van der Waals surface area contributed by atoms with Gasteiger partial charge in [-0.05, 0) is 149 Å². The minimum atomic E-state index is -0.738. The zero-order valence-electron chi connectivity index (χ0n) is 63.2. The van der Waals surface area contributed by atoms with Gasteiger partial charge in [-0.2, -0.15) is 0 Å². The van der Waals surface area contributed by atoms with E-state index in [1.807, 2.05) is 18.2 Å². The van der Waals surface area contributed by atoms with E-state index in [1.54, 1.807) is 4.57 Å². The molecule has 1 aliphatic carbocycles. The van der Waals surface area contributed by atoms with Gasteiger partial charge in [0, 0.05) is 61.9 Å². The Balaban J connectivity index is 0.956. The third-order valence-electron chi connectivity index (χ3n) is 21.0. The summed E-state index contributed by atoms with van der Waals surface area (Å²) < 4.78 is 85.5. The molecule has 16 aromatic rings. The van der Waals surface area contributed by atoms with Crippen molar-refractivity contribution in [2.24, 2.45) is 0 Å². The summed E-state index contributed by atoms with van der Waals surface area (Å²) in [7, 11) is 0.